The van der Waals surface area contributed by atoms with E-state index in [1.165, 1.54) is 22.0 Å². The zero-order valence-electron chi connectivity index (χ0n) is 16.9. The standard InChI is InChI=1S/C25H25NO3/c1-27-21-13-16(14-22(28-2)25(21)29-3)23-19-10-6-9-18(19)20-12-11-15-7-4-5-8-17(15)24(20)26-23/h4-9,11-14,18-19,23,26H,10H2,1-3H3/t18-,19-,23+/m0/s1. The molecule has 1 heterocycles. The Morgan fingerprint density at radius 1 is 0.897 bits per heavy atom. The van der Waals surface area contributed by atoms with Crippen molar-refractivity contribution in [3.63, 3.8) is 0 Å². The van der Waals surface area contributed by atoms with E-state index in [0.717, 1.165) is 12.0 Å². The van der Waals surface area contributed by atoms with E-state index in [1.54, 1.807) is 21.3 Å². The molecule has 3 atom stereocenters. The number of allylic oxidation sites excluding steroid dienone is 2. The molecule has 0 aromatic heterocycles. The summed E-state index contributed by atoms with van der Waals surface area (Å²) in [7, 11) is 4.97. The molecular formula is C25H25NO3. The van der Waals surface area contributed by atoms with Crippen LogP contribution in [0.15, 0.2) is 60.7 Å². The minimum Gasteiger partial charge on any atom is -0.493 e. The van der Waals surface area contributed by atoms with Crippen molar-refractivity contribution in [2.75, 3.05) is 26.6 Å². The van der Waals surface area contributed by atoms with E-state index in [-0.39, 0.29) is 6.04 Å². The SMILES string of the molecule is COc1cc([C@H]2Nc3c(ccc4ccccc34)[C@H]3C=CC[C@@H]32)cc(OC)c1OC. The first kappa shape index (κ1) is 17.9. The molecule has 0 unspecified atom stereocenters. The molecule has 4 heteroatoms. The first-order valence-electron chi connectivity index (χ1n) is 10.00. The molecule has 4 nitrogen and oxygen atoms in total. The van der Waals surface area contributed by atoms with Crippen LogP contribution >= 0.6 is 0 Å². The van der Waals surface area contributed by atoms with Gasteiger partial charge < -0.3 is 19.5 Å². The van der Waals surface area contributed by atoms with Gasteiger partial charge in [0.1, 0.15) is 0 Å². The number of benzene rings is 3. The predicted molar refractivity (Wildman–Crippen MR) is 116 cm³/mol. The maximum Gasteiger partial charge on any atom is 0.203 e. The Morgan fingerprint density at radius 2 is 1.66 bits per heavy atom. The van der Waals surface area contributed by atoms with Crippen molar-refractivity contribution < 1.29 is 14.2 Å². The van der Waals surface area contributed by atoms with E-state index in [4.69, 9.17) is 14.2 Å². The van der Waals surface area contributed by atoms with Gasteiger partial charge in [0.05, 0.1) is 27.4 Å². The Morgan fingerprint density at radius 3 is 2.38 bits per heavy atom. The zero-order valence-corrected chi connectivity index (χ0v) is 16.9. The Balaban J connectivity index is 1.67. The van der Waals surface area contributed by atoms with E-state index in [1.807, 2.05) is 0 Å². The van der Waals surface area contributed by atoms with Gasteiger partial charge in [0.15, 0.2) is 11.5 Å². The van der Waals surface area contributed by atoms with Crippen LogP contribution in [0.3, 0.4) is 0 Å². The highest BCUT2D eigenvalue weighted by atomic mass is 16.5. The molecule has 29 heavy (non-hydrogen) atoms. The van der Waals surface area contributed by atoms with Crippen molar-refractivity contribution in [2.45, 2.75) is 18.4 Å². The lowest BCUT2D eigenvalue weighted by molar-refractivity contribution is 0.322. The van der Waals surface area contributed by atoms with Crippen LogP contribution in [0, 0.1) is 5.92 Å². The second kappa shape index (κ2) is 7.03. The average Bonchev–Trinajstić information content (AvgIpc) is 3.27. The van der Waals surface area contributed by atoms with Gasteiger partial charge in [0.2, 0.25) is 5.75 Å². The molecule has 2 aliphatic rings. The van der Waals surface area contributed by atoms with Crippen molar-refractivity contribution in [1.29, 1.82) is 0 Å². The summed E-state index contributed by atoms with van der Waals surface area (Å²) in [5, 5.41) is 6.39. The average molecular weight is 387 g/mol. The molecule has 0 radical (unpaired) electrons. The molecule has 0 saturated carbocycles. The molecule has 0 saturated heterocycles. The summed E-state index contributed by atoms with van der Waals surface area (Å²) in [6.45, 7) is 0. The Hall–Kier alpha value is -3.14. The second-order valence-corrected chi connectivity index (χ2v) is 7.69. The lowest BCUT2D eigenvalue weighted by Gasteiger charge is -2.38. The van der Waals surface area contributed by atoms with Crippen molar-refractivity contribution in [1.82, 2.24) is 0 Å². The number of hydrogen-bond acceptors (Lipinski definition) is 4. The van der Waals surface area contributed by atoms with E-state index < -0.39 is 0 Å². The third-order valence-corrected chi connectivity index (χ3v) is 6.31. The fraction of sp³-hybridized carbons (Fsp3) is 0.280. The van der Waals surface area contributed by atoms with Crippen molar-refractivity contribution >= 4 is 16.5 Å². The molecule has 3 aromatic rings. The second-order valence-electron chi connectivity index (χ2n) is 7.69. The van der Waals surface area contributed by atoms with E-state index in [9.17, 15) is 0 Å². The summed E-state index contributed by atoms with van der Waals surface area (Å²) in [6, 6.07) is 17.4. The molecule has 1 aliphatic heterocycles. The number of hydrogen-bond donors (Lipinski definition) is 1. The minimum atomic E-state index is 0.155. The van der Waals surface area contributed by atoms with Gasteiger partial charge in [-0.15, -0.1) is 0 Å². The van der Waals surface area contributed by atoms with Crippen molar-refractivity contribution in [2.24, 2.45) is 5.92 Å². The molecule has 3 aromatic carbocycles. The van der Waals surface area contributed by atoms with Crippen molar-refractivity contribution in [3.05, 3.63) is 71.8 Å². The number of methoxy groups -OCH3 is 3. The number of nitrogens with one attached hydrogen (secondary N) is 1. The lowest BCUT2D eigenvalue weighted by Crippen LogP contribution is -2.29. The monoisotopic (exact) mass is 387 g/mol. The molecule has 5 rings (SSSR count). The van der Waals surface area contributed by atoms with Gasteiger partial charge in [-0.1, -0.05) is 48.6 Å². The van der Waals surface area contributed by atoms with Crippen LogP contribution in [-0.4, -0.2) is 21.3 Å². The number of fused-ring (bicyclic) bond motifs is 5. The van der Waals surface area contributed by atoms with Gasteiger partial charge in [0, 0.05) is 17.0 Å². The third kappa shape index (κ3) is 2.74. The Labute approximate surface area is 171 Å². The number of rotatable bonds is 4. The van der Waals surface area contributed by atoms with Crippen LogP contribution < -0.4 is 19.5 Å². The van der Waals surface area contributed by atoms with Gasteiger partial charge in [-0.25, -0.2) is 0 Å². The molecule has 1 N–H and O–H groups in total. The highest BCUT2D eigenvalue weighted by Gasteiger charge is 2.39. The number of anilines is 1. The summed E-state index contributed by atoms with van der Waals surface area (Å²) >= 11 is 0. The smallest absolute Gasteiger partial charge is 0.203 e. The Bertz CT molecular complexity index is 1080. The van der Waals surface area contributed by atoms with E-state index in [2.05, 4.69) is 66.0 Å². The van der Waals surface area contributed by atoms with Crippen LogP contribution in [0.25, 0.3) is 10.8 Å². The number of ether oxygens (including phenoxy) is 3. The first-order valence-corrected chi connectivity index (χ1v) is 10.00. The summed E-state index contributed by atoms with van der Waals surface area (Å²) in [4.78, 5) is 0. The topological polar surface area (TPSA) is 39.7 Å². The lowest BCUT2D eigenvalue weighted by atomic mass is 9.76. The quantitative estimate of drug-likeness (QED) is 0.584. The van der Waals surface area contributed by atoms with E-state index in [0.29, 0.717) is 29.1 Å². The van der Waals surface area contributed by atoms with Gasteiger partial charge >= 0.3 is 0 Å². The first-order chi connectivity index (χ1) is 14.2. The van der Waals surface area contributed by atoms with Crippen LogP contribution in [0.5, 0.6) is 17.2 Å². The van der Waals surface area contributed by atoms with Crippen LogP contribution in [-0.2, 0) is 0 Å². The summed E-state index contributed by atoms with van der Waals surface area (Å²) in [5.41, 5.74) is 3.76. The molecule has 0 spiro atoms. The fourth-order valence-electron chi connectivity index (χ4n) is 4.95. The molecule has 0 bridgehead atoms. The fourth-order valence-corrected chi connectivity index (χ4v) is 4.95. The summed E-state index contributed by atoms with van der Waals surface area (Å²) < 4.78 is 16.7. The predicted octanol–water partition coefficient (Wildman–Crippen LogP) is 5.69. The highest BCUT2D eigenvalue weighted by Crippen LogP contribution is 2.53. The molecule has 148 valence electrons. The molecular weight excluding hydrogens is 362 g/mol. The van der Waals surface area contributed by atoms with Crippen LogP contribution in [0.4, 0.5) is 5.69 Å². The van der Waals surface area contributed by atoms with Gasteiger partial charge in [-0.3, -0.25) is 0 Å². The van der Waals surface area contributed by atoms with Gasteiger partial charge in [-0.2, -0.15) is 0 Å². The maximum absolute atomic E-state index is 5.61. The maximum atomic E-state index is 5.61. The molecule has 0 fully saturated rings. The normalized spacial score (nSPS) is 22.0. The minimum absolute atomic E-state index is 0.155. The summed E-state index contributed by atoms with van der Waals surface area (Å²) in [5.74, 6) is 2.86. The third-order valence-electron chi connectivity index (χ3n) is 6.31. The van der Waals surface area contributed by atoms with Gasteiger partial charge in [0.25, 0.3) is 0 Å². The molecule has 1 aliphatic carbocycles. The van der Waals surface area contributed by atoms with Crippen LogP contribution in [0.1, 0.15) is 29.5 Å². The highest BCUT2D eigenvalue weighted by molar-refractivity contribution is 5.96. The van der Waals surface area contributed by atoms with E-state index >= 15 is 0 Å². The van der Waals surface area contributed by atoms with Crippen LogP contribution in [0.2, 0.25) is 0 Å². The molecule has 0 amide bonds. The largest absolute Gasteiger partial charge is 0.493 e. The van der Waals surface area contributed by atoms with Gasteiger partial charge in [-0.05, 0) is 41.0 Å². The zero-order chi connectivity index (χ0) is 20.0. The summed E-state index contributed by atoms with van der Waals surface area (Å²) in [6.07, 6.45) is 5.72. The van der Waals surface area contributed by atoms with Crippen molar-refractivity contribution in [3.8, 4) is 17.2 Å². The Kier molecular flexibility index (Phi) is 4.35.